The first kappa shape index (κ1) is 12.2. The first-order chi connectivity index (χ1) is 7.70. The smallest absolute Gasteiger partial charge is 0.250 e. The molecule has 4 nitrogen and oxygen atoms in total. The van der Waals surface area contributed by atoms with Gasteiger partial charge in [-0.2, -0.15) is 11.8 Å². The average molecular weight is 244 g/mol. The molecule has 0 bridgehead atoms. The summed E-state index contributed by atoms with van der Waals surface area (Å²) in [7, 11) is 0. The zero-order valence-electron chi connectivity index (χ0n) is 9.75. The van der Waals surface area contributed by atoms with Crippen molar-refractivity contribution >= 4 is 17.7 Å². The number of carbonyl (C=O) groups excluding carboxylic acids is 1. The maximum absolute atomic E-state index is 11.8. The number of hydrogen-bond acceptors (Lipinski definition) is 4. The van der Waals surface area contributed by atoms with Gasteiger partial charge in [0.2, 0.25) is 0 Å². The topological polar surface area (TPSA) is 50.4 Å². The van der Waals surface area contributed by atoms with Crippen LogP contribution in [0.4, 0.5) is 0 Å². The van der Waals surface area contributed by atoms with Crippen LogP contribution in [-0.2, 0) is 9.53 Å². The molecule has 2 fully saturated rings. The lowest BCUT2D eigenvalue weighted by atomic mass is 10.1. The Bertz CT molecular complexity index is 248. The summed E-state index contributed by atoms with van der Waals surface area (Å²) < 4.78 is 5.64. The van der Waals surface area contributed by atoms with E-state index in [0.717, 1.165) is 13.1 Å². The van der Waals surface area contributed by atoms with Crippen molar-refractivity contribution in [3.05, 3.63) is 0 Å². The largest absolute Gasteiger partial charge is 0.366 e. The fourth-order valence-corrected chi connectivity index (χ4v) is 3.34. The quantitative estimate of drug-likeness (QED) is 0.753. The number of thioether (sulfide) groups is 1. The highest BCUT2D eigenvalue weighted by atomic mass is 32.2. The van der Waals surface area contributed by atoms with E-state index in [1.54, 1.807) is 0 Å². The molecule has 5 heteroatoms. The molecule has 2 aliphatic heterocycles. The van der Waals surface area contributed by atoms with E-state index in [1.807, 2.05) is 11.8 Å². The third-order valence-corrected chi connectivity index (χ3v) is 4.70. The van der Waals surface area contributed by atoms with Gasteiger partial charge in [0.05, 0.1) is 6.61 Å². The number of ether oxygens (including phenoxy) is 1. The standard InChI is InChI=1S/C11H20N2O2S/c1-11(3-2-6-16-11)8-13-10(14)9-7-12-4-5-15-9/h9,12H,2-8H2,1H3,(H,13,14). The highest BCUT2D eigenvalue weighted by molar-refractivity contribution is 8.00. The third kappa shape index (κ3) is 3.12. The second-order valence-corrected chi connectivity index (χ2v) is 6.37. The summed E-state index contributed by atoms with van der Waals surface area (Å²) in [6.45, 7) is 5.10. The van der Waals surface area contributed by atoms with Gasteiger partial charge in [0, 0.05) is 24.4 Å². The van der Waals surface area contributed by atoms with E-state index in [1.165, 1.54) is 18.6 Å². The van der Waals surface area contributed by atoms with Crippen molar-refractivity contribution in [1.82, 2.24) is 10.6 Å². The Balaban J connectivity index is 1.74. The van der Waals surface area contributed by atoms with Crippen LogP contribution in [0.15, 0.2) is 0 Å². The van der Waals surface area contributed by atoms with Crippen LogP contribution in [0.2, 0.25) is 0 Å². The molecule has 0 saturated carbocycles. The van der Waals surface area contributed by atoms with Gasteiger partial charge in [-0.15, -0.1) is 0 Å². The zero-order chi connectivity index (χ0) is 11.4. The summed E-state index contributed by atoms with van der Waals surface area (Å²) in [6, 6.07) is 0. The van der Waals surface area contributed by atoms with Gasteiger partial charge in [-0.05, 0) is 25.5 Å². The first-order valence-electron chi connectivity index (χ1n) is 5.94. The normalized spacial score (nSPS) is 34.9. The third-order valence-electron chi connectivity index (χ3n) is 3.16. The predicted octanol–water partition coefficient (Wildman–Crippen LogP) is 0.377. The molecule has 0 aliphatic carbocycles. The molecule has 92 valence electrons. The second kappa shape index (κ2) is 5.38. The Labute approximate surface area is 101 Å². The molecule has 16 heavy (non-hydrogen) atoms. The van der Waals surface area contributed by atoms with Gasteiger partial charge in [0.15, 0.2) is 0 Å². The van der Waals surface area contributed by atoms with E-state index in [-0.39, 0.29) is 16.8 Å². The van der Waals surface area contributed by atoms with Gasteiger partial charge >= 0.3 is 0 Å². The Kier molecular flexibility index (Phi) is 4.10. The zero-order valence-corrected chi connectivity index (χ0v) is 10.6. The van der Waals surface area contributed by atoms with Gasteiger partial charge in [0.25, 0.3) is 5.91 Å². The lowest BCUT2D eigenvalue weighted by Crippen LogP contribution is -2.50. The van der Waals surface area contributed by atoms with Crippen LogP contribution < -0.4 is 10.6 Å². The molecule has 2 atom stereocenters. The van der Waals surface area contributed by atoms with Gasteiger partial charge in [-0.25, -0.2) is 0 Å². The molecule has 0 spiro atoms. The second-order valence-electron chi connectivity index (χ2n) is 4.68. The van der Waals surface area contributed by atoms with Crippen molar-refractivity contribution in [1.29, 1.82) is 0 Å². The minimum atomic E-state index is -0.302. The van der Waals surface area contributed by atoms with Crippen LogP contribution in [0, 0.1) is 0 Å². The van der Waals surface area contributed by atoms with Crippen LogP contribution in [0.25, 0.3) is 0 Å². The van der Waals surface area contributed by atoms with E-state index in [0.29, 0.717) is 13.2 Å². The fraction of sp³-hybridized carbons (Fsp3) is 0.909. The average Bonchev–Trinajstić information content (AvgIpc) is 2.75. The van der Waals surface area contributed by atoms with Crippen molar-refractivity contribution in [2.75, 3.05) is 32.0 Å². The van der Waals surface area contributed by atoms with Crippen LogP contribution in [0.5, 0.6) is 0 Å². The van der Waals surface area contributed by atoms with Crippen LogP contribution in [-0.4, -0.2) is 48.8 Å². The number of rotatable bonds is 3. The van der Waals surface area contributed by atoms with Crippen molar-refractivity contribution in [2.45, 2.75) is 30.6 Å². The Morgan fingerprint density at radius 3 is 3.19 bits per heavy atom. The highest BCUT2D eigenvalue weighted by Gasteiger charge is 2.31. The molecule has 2 heterocycles. The summed E-state index contributed by atoms with van der Waals surface area (Å²) in [5.74, 6) is 1.24. The molecule has 2 saturated heterocycles. The summed E-state index contributed by atoms with van der Waals surface area (Å²) in [6.07, 6.45) is 2.16. The van der Waals surface area contributed by atoms with Gasteiger partial charge in [0.1, 0.15) is 6.10 Å². The van der Waals surface area contributed by atoms with Crippen LogP contribution in [0.1, 0.15) is 19.8 Å². The molecule has 2 unspecified atom stereocenters. The Hall–Kier alpha value is -0.260. The van der Waals surface area contributed by atoms with Gasteiger partial charge < -0.3 is 15.4 Å². The molecule has 2 aliphatic rings. The summed E-state index contributed by atoms with van der Waals surface area (Å²) in [4.78, 5) is 11.8. The van der Waals surface area contributed by atoms with Crippen LogP contribution >= 0.6 is 11.8 Å². The van der Waals surface area contributed by atoms with E-state index < -0.39 is 0 Å². The molecule has 1 amide bonds. The van der Waals surface area contributed by atoms with E-state index in [2.05, 4.69) is 17.6 Å². The lowest BCUT2D eigenvalue weighted by Gasteiger charge is -2.26. The van der Waals surface area contributed by atoms with Crippen LogP contribution in [0.3, 0.4) is 0 Å². The fourth-order valence-electron chi connectivity index (χ4n) is 2.10. The van der Waals surface area contributed by atoms with Crippen molar-refractivity contribution in [3.8, 4) is 0 Å². The molecular formula is C11H20N2O2S. The molecule has 0 radical (unpaired) electrons. The van der Waals surface area contributed by atoms with E-state index in [4.69, 9.17) is 4.74 Å². The van der Waals surface area contributed by atoms with E-state index in [9.17, 15) is 4.79 Å². The molecular weight excluding hydrogens is 224 g/mol. The SMILES string of the molecule is CC1(CNC(=O)C2CNCCO2)CCCS1. The van der Waals surface area contributed by atoms with Crippen molar-refractivity contribution in [2.24, 2.45) is 0 Å². The molecule has 0 aromatic rings. The first-order valence-corrected chi connectivity index (χ1v) is 6.92. The minimum absolute atomic E-state index is 0.0286. The number of hydrogen-bond donors (Lipinski definition) is 2. The predicted molar refractivity (Wildman–Crippen MR) is 65.7 cm³/mol. The molecule has 2 rings (SSSR count). The monoisotopic (exact) mass is 244 g/mol. The lowest BCUT2D eigenvalue weighted by molar-refractivity contribution is -0.134. The molecule has 2 N–H and O–H groups in total. The minimum Gasteiger partial charge on any atom is -0.366 e. The number of nitrogens with one attached hydrogen (secondary N) is 2. The molecule has 0 aromatic heterocycles. The van der Waals surface area contributed by atoms with Crippen molar-refractivity contribution in [3.63, 3.8) is 0 Å². The maximum Gasteiger partial charge on any atom is 0.250 e. The molecule has 0 aromatic carbocycles. The Morgan fingerprint density at radius 2 is 2.56 bits per heavy atom. The van der Waals surface area contributed by atoms with E-state index >= 15 is 0 Å². The maximum atomic E-state index is 11.8. The van der Waals surface area contributed by atoms with Gasteiger partial charge in [-0.3, -0.25) is 4.79 Å². The number of carbonyl (C=O) groups is 1. The summed E-state index contributed by atoms with van der Waals surface area (Å²) >= 11 is 1.96. The Morgan fingerprint density at radius 1 is 1.69 bits per heavy atom. The summed E-state index contributed by atoms with van der Waals surface area (Å²) in [5.41, 5.74) is 0. The van der Waals surface area contributed by atoms with Crippen molar-refractivity contribution < 1.29 is 9.53 Å². The van der Waals surface area contributed by atoms with Gasteiger partial charge in [-0.1, -0.05) is 0 Å². The summed E-state index contributed by atoms with van der Waals surface area (Å²) in [5, 5.41) is 6.17. The highest BCUT2D eigenvalue weighted by Crippen LogP contribution is 2.36. The number of amides is 1. The number of morpholine rings is 1.